The lowest BCUT2D eigenvalue weighted by Gasteiger charge is -2.20. The molecule has 11 heavy (non-hydrogen) atoms. The van der Waals surface area contributed by atoms with Crippen molar-refractivity contribution in [3.63, 3.8) is 0 Å². The lowest BCUT2D eigenvalue weighted by molar-refractivity contribution is 0.277. The topological polar surface area (TPSA) is 3.24 Å². The number of hydrogen-bond donors (Lipinski definition) is 0. The van der Waals surface area contributed by atoms with Gasteiger partial charge in [-0.15, -0.1) is 6.58 Å². The molecule has 0 aliphatic carbocycles. The third kappa shape index (κ3) is 9.70. The van der Waals surface area contributed by atoms with Gasteiger partial charge in [-0.05, 0) is 46.8 Å². The minimum Gasteiger partial charge on any atom is -0.306 e. The molecule has 0 atom stereocenters. The highest BCUT2D eigenvalue weighted by Crippen LogP contribution is 2.04. The third-order valence-corrected chi connectivity index (χ3v) is 1.58. The Hall–Kier alpha value is -0.300. The number of rotatable bonds is 0. The lowest BCUT2D eigenvalue weighted by Crippen LogP contribution is -2.24. The Labute approximate surface area is 71.1 Å². The van der Waals surface area contributed by atoms with Gasteiger partial charge < -0.3 is 4.90 Å². The fourth-order valence-corrected chi connectivity index (χ4v) is 1.05. The van der Waals surface area contributed by atoms with Crippen molar-refractivity contribution in [1.82, 2.24) is 4.90 Å². The van der Waals surface area contributed by atoms with Crippen molar-refractivity contribution < 1.29 is 0 Å². The van der Waals surface area contributed by atoms with Gasteiger partial charge in [-0.25, -0.2) is 0 Å². The van der Waals surface area contributed by atoms with E-state index in [9.17, 15) is 0 Å². The number of piperidine rings is 1. The van der Waals surface area contributed by atoms with Gasteiger partial charge in [0.25, 0.3) is 0 Å². The maximum atomic E-state index is 3.56. The van der Waals surface area contributed by atoms with Gasteiger partial charge in [0.15, 0.2) is 0 Å². The molecular formula is C10H21N. The molecule has 0 amide bonds. The summed E-state index contributed by atoms with van der Waals surface area (Å²) in [4.78, 5) is 2.39. The molecule has 0 aromatic heterocycles. The van der Waals surface area contributed by atoms with Crippen LogP contribution in [0.2, 0.25) is 0 Å². The smallest absolute Gasteiger partial charge is 0.00218 e. The normalized spacial score (nSPS) is 18.5. The Kier molecular flexibility index (Phi) is 6.24. The molecule has 0 spiro atoms. The molecule has 0 saturated carbocycles. The second-order valence-corrected chi connectivity index (χ2v) is 3.57. The summed E-state index contributed by atoms with van der Waals surface area (Å²) in [7, 11) is 2.19. The summed E-state index contributed by atoms with van der Waals surface area (Å²) in [6, 6.07) is 0. The van der Waals surface area contributed by atoms with E-state index in [0.29, 0.717) is 0 Å². The average Bonchev–Trinajstić information content (AvgIpc) is 1.87. The number of nitrogens with zero attached hydrogens (tertiary/aromatic N) is 1. The van der Waals surface area contributed by atoms with Crippen molar-refractivity contribution in [3.8, 4) is 0 Å². The highest BCUT2D eigenvalue weighted by atomic mass is 15.1. The Bertz CT molecular complexity index is 97.4. The molecule has 0 bridgehead atoms. The van der Waals surface area contributed by atoms with Gasteiger partial charge in [0.2, 0.25) is 0 Å². The Morgan fingerprint density at radius 2 is 1.45 bits per heavy atom. The second-order valence-electron chi connectivity index (χ2n) is 3.57. The maximum absolute atomic E-state index is 3.56. The Morgan fingerprint density at radius 3 is 1.64 bits per heavy atom. The third-order valence-electron chi connectivity index (χ3n) is 1.58. The highest BCUT2D eigenvalue weighted by Gasteiger charge is 2.02. The summed E-state index contributed by atoms with van der Waals surface area (Å²) in [5, 5.41) is 0. The second kappa shape index (κ2) is 6.41. The molecule has 1 heteroatoms. The number of likely N-dealkylation sites (tertiary alicyclic amines) is 1. The fourth-order valence-electron chi connectivity index (χ4n) is 1.05. The van der Waals surface area contributed by atoms with Crippen molar-refractivity contribution in [2.24, 2.45) is 0 Å². The molecule has 0 N–H and O–H groups in total. The molecule has 1 aliphatic heterocycles. The molecule has 1 saturated heterocycles. The van der Waals surface area contributed by atoms with E-state index in [4.69, 9.17) is 0 Å². The van der Waals surface area contributed by atoms with E-state index < -0.39 is 0 Å². The molecule has 1 heterocycles. The molecule has 1 fully saturated rings. The van der Waals surface area contributed by atoms with Crippen LogP contribution in [-0.2, 0) is 0 Å². The first-order chi connectivity index (χ1) is 5.13. The van der Waals surface area contributed by atoms with Gasteiger partial charge in [0.05, 0.1) is 0 Å². The first kappa shape index (κ1) is 10.7. The van der Waals surface area contributed by atoms with Crippen LogP contribution in [0.3, 0.4) is 0 Å². The summed E-state index contributed by atoms with van der Waals surface area (Å²) < 4.78 is 0. The van der Waals surface area contributed by atoms with Crippen molar-refractivity contribution in [1.29, 1.82) is 0 Å². The van der Waals surface area contributed by atoms with Gasteiger partial charge in [-0.2, -0.15) is 0 Å². The van der Waals surface area contributed by atoms with Crippen LogP contribution in [0.15, 0.2) is 12.2 Å². The van der Waals surface area contributed by atoms with Gasteiger partial charge in [-0.3, -0.25) is 0 Å². The van der Waals surface area contributed by atoms with Crippen LogP contribution in [0.4, 0.5) is 0 Å². The summed E-state index contributed by atoms with van der Waals surface area (Å²) in [5.74, 6) is 0. The predicted molar refractivity (Wildman–Crippen MR) is 51.8 cm³/mol. The van der Waals surface area contributed by atoms with E-state index in [1.807, 2.05) is 13.8 Å². The molecule has 1 rings (SSSR count). The van der Waals surface area contributed by atoms with Crippen LogP contribution in [0, 0.1) is 0 Å². The molecule has 0 radical (unpaired) electrons. The molecule has 0 unspecified atom stereocenters. The molecule has 66 valence electrons. The van der Waals surface area contributed by atoms with E-state index in [1.54, 1.807) is 0 Å². The molecule has 1 aliphatic rings. The average molecular weight is 155 g/mol. The van der Waals surface area contributed by atoms with Gasteiger partial charge in [0.1, 0.15) is 0 Å². The van der Waals surface area contributed by atoms with E-state index in [2.05, 4.69) is 18.5 Å². The number of hydrogen-bond acceptors (Lipinski definition) is 1. The van der Waals surface area contributed by atoms with Crippen LogP contribution in [-0.4, -0.2) is 25.0 Å². The standard InChI is InChI=1S/C6H13N.C4H8/c1-7-5-3-2-4-6-7;1-4(2)3/h2-6H2,1H3;1H2,2-3H3. The van der Waals surface area contributed by atoms with E-state index >= 15 is 0 Å². The van der Waals surface area contributed by atoms with Crippen molar-refractivity contribution in [2.75, 3.05) is 20.1 Å². The predicted octanol–water partition coefficient (Wildman–Crippen LogP) is 2.68. The quantitative estimate of drug-likeness (QED) is 0.486. The van der Waals surface area contributed by atoms with Crippen LogP contribution in [0.1, 0.15) is 33.1 Å². The molecule has 0 aromatic rings. The van der Waals surface area contributed by atoms with Gasteiger partial charge in [0, 0.05) is 0 Å². The first-order valence-electron chi connectivity index (χ1n) is 4.43. The SMILES string of the molecule is C=C(C)C.CN1CCCCC1. The van der Waals surface area contributed by atoms with Crippen LogP contribution >= 0.6 is 0 Å². The van der Waals surface area contributed by atoms with Gasteiger partial charge >= 0.3 is 0 Å². The highest BCUT2D eigenvalue weighted by molar-refractivity contribution is 4.78. The van der Waals surface area contributed by atoms with E-state index in [0.717, 1.165) is 0 Å². The molecule has 1 nitrogen and oxygen atoms in total. The minimum absolute atomic E-state index is 1.17. The lowest BCUT2D eigenvalue weighted by atomic mass is 10.1. The van der Waals surface area contributed by atoms with Crippen LogP contribution < -0.4 is 0 Å². The summed E-state index contributed by atoms with van der Waals surface area (Å²) in [5.41, 5.74) is 1.17. The zero-order chi connectivity index (χ0) is 8.69. The minimum atomic E-state index is 1.17. The Balaban J connectivity index is 0.000000218. The van der Waals surface area contributed by atoms with Crippen molar-refractivity contribution in [2.45, 2.75) is 33.1 Å². The van der Waals surface area contributed by atoms with Crippen LogP contribution in [0.25, 0.3) is 0 Å². The van der Waals surface area contributed by atoms with E-state index in [1.165, 1.54) is 37.9 Å². The van der Waals surface area contributed by atoms with Crippen LogP contribution in [0.5, 0.6) is 0 Å². The monoisotopic (exact) mass is 155 g/mol. The largest absolute Gasteiger partial charge is 0.306 e. The van der Waals surface area contributed by atoms with E-state index in [-0.39, 0.29) is 0 Å². The number of allylic oxidation sites excluding steroid dienone is 1. The summed E-state index contributed by atoms with van der Waals surface area (Å²) in [6.45, 7) is 10.1. The zero-order valence-corrected chi connectivity index (χ0v) is 8.19. The Morgan fingerprint density at radius 1 is 1.09 bits per heavy atom. The van der Waals surface area contributed by atoms with Gasteiger partial charge in [-0.1, -0.05) is 12.0 Å². The van der Waals surface area contributed by atoms with Crippen molar-refractivity contribution >= 4 is 0 Å². The molecular weight excluding hydrogens is 134 g/mol. The fraction of sp³-hybridized carbons (Fsp3) is 0.800. The first-order valence-corrected chi connectivity index (χ1v) is 4.43. The zero-order valence-electron chi connectivity index (χ0n) is 8.19. The maximum Gasteiger partial charge on any atom is -0.00218 e. The summed E-state index contributed by atoms with van der Waals surface area (Å²) in [6.07, 6.45) is 4.28. The molecule has 0 aromatic carbocycles. The summed E-state index contributed by atoms with van der Waals surface area (Å²) >= 11 is 0. The van der Waals surface area contributed by atoms with Crippen molar-refractivity contribution in [3.05, 3.63) is 12.2 Å².